The summed E-state index contributed by atoms with van der Waals surface area (Å²) in [6.45, 7) is 3.56. The average molecular weight is 172 g/mol. The van der Waals surface area contributed by atoms with Crippen LogP contribution in [0.2, 0.25) is 0 Å². The fourth-order valence-electron chi connectivity index (χ4n) is 0.611. The van der Waals surface area contributed by atoms with Crippen LogP contribution in [0.1, 0.15) is 13.8 Å². The van der Waals surface area contributed by atoms with Crippen LogP contribution in [0.5, 0.6) is 0 Å². The van der Waals surface area contributed by atoms with Crippen LogP contribution in [0, 0.1) is 5.92 Å². The summed E-state index contributed by atoms with van der Waals surface area (Å²) in [5, 5.41) is 3.54. The van der Waals surface area contributed by atoms with E-state index in [4.69, 9.17) is 0 Å². The van der Waals surface area contributed by atoms with E-state index in [1.165, 1.54) is 7.11 Å². The van der Waals surface area contributed by atoms with Crippen molar-refractivity contribution < 1.29 is 14.3 Å². The number of nitrogens with zero attached hydrogens (tertiary/aromatic N) is 1. The molecule has 0 radical (unpaired) electrons. The van der Waals surface area contributed by atoms with Crippen molar-refractivity contribution in [3.05, 3.63) is 0 Å². The number of rotatable bonds is 4. The third kappa shape index (κ3) is 3.14. The first kappa shape index (κ1) is 10.6. The Balaban J connectivity index is 4.42. The van der Waals surface area contributed by atoms with Gasteiger partial charge in [-0.25, -0.2) is 10.2 Å². The first-order valence-electron chi connectivity index (χ1n) is 3.48. The predicted molar refractivity (Wildman–Crippen MR) is 43.5 cm³/mol. The Bertz CT molecular complexity index is 199. The highest BCUT2D eigenvalue weighted by Crippen LogP contribution is 1.97. The SMILES string of the molecule is COC(=O)C(=NNC=O)C(C)C. The van der Waals surface area contributed by atoms with E-state index < -0.39 is 5.97 Å². The summed E-state index contributed by atoms with van der Waals surface area (Å²) in [5.74, 6) is -0.607. The van der Waals surface area contributed by atoms with Gasteiger partial charge >= 0.3 is 5.97 Å². The average Bonchev–Trinajstić information content (AvgIpc) is 2.04. The van der Waals surface area contributed by atoms with Crippen molar-refractivity contribution in [2.45, 2.75) is 13.8 Å². The topological polar surface area (TPSA) is 67.8 Å². The highest BCUT2D eigenvalue weighted by Gasteiger charge is 2.15. The Kier molecular flexibility index (Phi) is 4.67. The highest BCUT2D eigenvalue weighted by atomic mass is 16.5. The normalized spacial score (nSPS) is 11.2. The lowest BCUT2D eigenvalue weighted by atomic mass is 10.1. The van der Waals surface area contributed by atoms with Crippen LogP contribution in [0.4, 0.5) is 0 Å². The summed E-state index contributed by atoms with van der Waals surface area (Å²) < 4.78 is 4.45. The molecule has 1 amide bonds. The molecule has 0 aliphatic rings. The number of amides is 1. The number of methoxy groups -OCH3 is 1. The Labute approximate surface area is 70.8 Å². The molecule has 0 rings (SSSR count). The van der Waals surface area contributed by atoms with Gasteiger partial charge in [0, 0.05) is 5.92 Å². The van der Waals surface area contributed by atoms with Gasteiger partial charge in [-0.1, -0.05) is 13.8 Å². The van der Waals surface area contributed by atoms with Gasteiger partial charge in [0.2, 0.25) is 6.41 Å². The monoisotopic (exact) mass is 172 g/mol. The lowest BCUT2D eigenvalue weighted by Crippen LogP contribution is -2.24. The van der Waals surface area contributed by atoms with Crippen LogP contribution in [0.3, 0.4) is 0 Å². The van der Waals surface area contributed by atoms with Crippen molar-refractivity contribution in [1.82, 2.24) is 5.43 Å². The third-order valence-corrected chi connectivity index (χ3v) is 1.18. The van der Waals surface area contributed by atoms with E-state index in [1.807, 2.05) is 0 Å². The van der Waals surface area contributed by atoms with Gasteiger partial charge in [-0.3, -0.25) is 4.79 Å². The second-order valence-electron chi connectivity index (χ2n) is 2.39. The fourth-order valence-corrected chi connectivity index (χ4v) is 0.611. The molecule has 1 N–H and O–H groups in total. The molecule has 12 heavy (non-hydrogen) atoms. The number of esters is 1. The van der Waals surface area contributed by atoms with Gasteiger partial charge < -0.3 is 4.74 Å². The van der Waals surface area contributed by atoms with Gasteiger partial charge in [-0.15, -0.1) is 0 Å². The van der Waals surface area contributed by atoms with Crippen LogP contribution in [-0.4, -0.2) is 25.2 Å². The molecule has 0 aliphatic carbocycles. The standard InChI is InChI=1S/C7H12N2O3/c1-5(2)6(7(11)12-3)9-8-4-10/h4-5H,1-3H3,(H,8,10). The summed E-state index contributed by atoms with van der Waals surface area (Å²) >= 11 is 0. The first-order valence-corrected chi connectivity index (χ1v) is 3.48. The molecular weight excluding hydrogens is 160 g/mol. The fraction of sp³-hybridized carbons (Fsp3) is 0.571. The molecule has 0 heterocycles. The van der Waals surface area contributed by atoms with E-state index >= 15 is 0 Å². The molecule has 0 saturated heterocycles. The van der Waals surface area contributed by atoms with E-state index in [2.05, 4.69) is 15.3 Å². The Morgan fingerprint density at radius 1 is 1.58 bits per heavy atom. The van der Waals surface area contributed by atoms with Crippen molar-refractivity contribution >= 4 is 18.1 Å². The van der Waals surface area contributed by atoms with Gasteiger partial charge in [0.15, 0.2) is 0 Å². The minimum Gasteiger partial charge on any atom is -0.464 e. The number of hydrazone groups is 1. The summed E-state index contributed by atoms with van der Waals surface area (Å²) in [6.07, 6.45) is 0.394. The van der Waals surface area contributed by atoms with Crippen molar-refractivity contribution in [1.29, 1.82) is 0 Å². The molecule has 0 unspecified atom stereocenters. The molecule has 5 nitrogen and oxygen atoms in total. The van der Waals surface area contributed by atoms with Crippen LogP contribution in [-0.2, 0) is 14.3 Å². The summed E-state index contributed by atoms with van der Waals surface area (Å²) in [7, 11) is 1.27. The summed E-state index contributed by atoms with van der Waals surface area (Å²) in [6, 6.07) is 0. The van der Waals surface area contributed by atoms with Crippen molar-refractivity contribution in [2.75, 3.05) is 7.11 Å². The molecule has 0 aromatic heterocycles. The van der Waals surface area contributed by atoms with E-state index in [0.717, 1.165) is 0 Å². The minimum absolute atomic E-state index is 0.0788. The maximum atomic E-state index is 11.0. The largest absolute Gasteiger partial charge is 0.464 e. The van der Waals surface area contributed by atoms with Gasteiger partial charge in [-0.2, -0.15) is 5.10 Å². The smallest absolute Gasteiger partial charge is 0.354 e. The van der Waals surface area contributed by atoms with Gasteiger partial charge in [0.05, 0.1) is 7.11 Å². The summed E-state index contributed by atoms with van der Waals surface area (Å²) in [5.41, 5.74) is 2.25. The zero-order chi connectivity index (χ0) is 9.56. The Morgan fingerprint density at radius 3 is 2.50 bits per heavy atom. The molecule has 0 aliphatic heterocycles. The Morgan fingerprint density at radius 2 is 2.17 bits per heavy atom. The van der Waals surface area contributed by atoms with Crippen molar-refractivity contribution in [3.8, 4) is 0 Å². The molecule has 0 atom stereocenters. The van der Waals surface area contributed by atoms with Crippen LogP contribution < -0.4 is 5.43 Å². The van der Waals surface area contributed by atoms with E-state index in [1.54, 1.807) is 13.8 Å². The quantitative estimate of drug-likeness (QED) is 0.279. The van der Waals surface area contributed by atoms with Gasteiger partial charge in [-0.05, 0) is 0 Å². The number of carbonyl (C=O) groups excluding carboxylic acids is 2. The first-order chi connectivity index (χ1) is 5.63. The van der Waals surface area contributed by atoms with E-state index in [0.29, 0.717) is 6.41 Å². The maximum Gasteiger partial charge on any atom is 0.354 e. The zero-order valence-corrected chi connectivity index (χ0v) is 7.33. The van der Waals surface area contributed by atoms with E-state index in [9.17, 15) is 9.59 Å². The molecule has 0 fully saturated rings. The van der Waals surface area contributed by atoms with Gasteiger partial charge in [0.1, 0.15) is 5.71 Å². The van der Waals surface area contributed by atoms with Crippen LogP contribution in [0.15, 0.2) is 5.10 Å². The Hall–Kier alpha value is -1.39. The second-order valence-corrected chi connectivity index (χ2v) is 2.39. The molecular formula is C7H12N2O3. The molecule has 0 bridgehead atoms. The van der Waals surface area contributed by atoms with Crippen molar-refractivity contribution in [3.63, 3.8) is 0 Å². The van der Waals surface area contributed by atoms with Gasteiger partial charge in [0.25, 0.3) is 0 Å². The molecule has 68 valence electrons. The van der Waals surface area contributed by atoms with Crippen molar-refractivity contribution in [2.24, 2.45) is 11.0 Å². The molecule has 0 aromatic rings. The molecule has 0 aromatic carbocycles. The molecule has 5 heteroatoms. The lowest BCUT2D eigenvalue weighted by molar-refractivity contribution is -0.133. The molecule has 0 saturated carbocycles. The minimum atomic E-state index is -0.528. The number of ether oxygens (including phenoxy) is 1. The number of hydrogen-bond donors (Lipinski definition) is 1. The highest BCUT2D eigenvalue weighted by molar-refractivity contribution is 6.37. The third-order valence-electron chi connectivity index (χ3n) is 1.18. The number of nitrogens with one attached hydrogen (secondary N) is 1. The lowest BCUT2D eigenvalue weighted by Gasteiger charge is -2.05. The summed E-state index contributed by atoms with van der Waals surface area (Å²) in [4.78, 5) is 20.8. The number of hydrogen-bond acceptors (Lipinski definition) is 4. The van der Waals surface area contributed by atoms with E-state index in [-0.39, 0.29) is 11.6 Å². The maximum absolute atomic E-state index is 11.0. The van der Waals surface area contributed by atoms with Crippen LogP contribution >= 0.6 is 0 Å². The van der Waals surface area contributed by atoms with Crippen LogP contribution in [0.25, 0.3) is 0 Å². The number of carbonyl (C=O) groups is 2. The predicted octanol–water partition coefficient (Wildman–Crippen LogP) is -0.0826. The molecule has 0 spiro atoms. The second kappa shape index (κ2) is 5.29. The zero-order valence-electron chi connectivity index (χ0n) is 7.33.